The van der Waals surface area contributed by atoms with Crippen LogP contribution in [0.4, 0.5) is 10.1 Å². The van der Waals surface area contributed by atoms with Crippen molar-refractivity contribution in [2.24, 2.45) is 5.92 Å². The van der Waals surface area contributed by atoms with Crippen LogP contribution in [0.2, 0.25) is 0 Å². The van der Waals surface area contributed by atoms with Gasteiger partial charge in [0.05, 0.1) is 40.3 Å². The summed E-state index contributed by atoms with van der Waals surface area (Å²) in [5, 5.41) is 19.8. The van der Waals surface area contributed by atoms with Crippen LogP contribution in [0.3, 0.4) is 0 Å². The van der Waals surface area contributed by atoms with Crippen LogP contribution in [0.5, 0.6) is 5.75 Å². The normalized spacial score (nSPS) is 15.8. The Balaban J connectivity index is 1.92. The number of fused-ring (bicyclic) bond motifs is 1. The van der Waals surface area contributed by atoms with Crippen LogP contribution in [0.25, 0.3) is 10.9 Å². The first kappa shape index (κ1) is 28.3. The number of anilines is 1. The molecule has 0 radical (unpaired) electrons. The van der Waals surface area contributed by atoms with Crippen molar-refractivity contribution in [1.82, 2.24) is 4.57 Å². The van der Waals surface area contributed by atoms with Gasteiger partial charge in [-0.1, -0.05) is 13.8 Å². The van der Waals surface area contributed by atoms with Crippen molar-refractivity contribution in [2.45, 2.75) is 32.7 Å². The molecule has 0 saturated carbocycles. The number of carbonyl (C=O) groups is 1. The summed E-state index contributed by atoms with van der Waals surface area (Å²) < 4.78 is 48.9. The van der Waals surface area contributed by atoms with Crippen LogP contribution in [-0.4, -0.2) is 55.2 Å². The first-order chi connectivity index (χ1) is 17.9. The van der Waals surface area contributed by atoms with Gasteiger partial charge in [0, 0.05) is 30.6 Å². The molecule has 9 nitrogen and oxygen atoms in total. The first-order valence-corrected chi connectivity index (χ1v) is 14.7. The van der Waals surface area contributed by atoms with E-state index < -0.39 is 38.8 Å². The fourth-order valence-electron chi connectivity index (χ4n) is 4.83. The van der Waals surface area contributed by atoms with Gasteiger partial charge < -0.3 is 19.5 Å². The monoisotopic (exact) mass is 658 g/mol. The number of carboxylic acids is 1. The van der Waals surface area contributed by atoms with Crippen LogP contribution < -0.4 is 14.5 Å². The number of nitrogens with zero attached hydrogens (tertiary/aromatic N) is 2. The number of aromatic carboxylic acids is 1. The third-order valence-corrected chi connectivity index (χ3v) is 9.49. The van der Waals surface area contributed by atoms with Crippen LogP contribution in [-0.2, 0) is 16.4 Å². The molecule has 2 N–H and O–H groups in total. The standard InChI is InChI=1S/C26H28FIN2O7S/c1-14(2)22(13-31)29-12-19(26(33)34)25(32)18-9-15(23(37-3)11-21(18)29)7-16-8-17(10-20(28)24(16)27)30-5-4-6-38(30,35)36/h8-12,14,22,31H,4-7,13H2,1-3H3,(H,33,34)/t22-/m1/s1. The zero-order valence-electron chi connectivity index (χ0n) is 21.1. The smallest absolute Gasteiger partial charge is 0.341 e. The van der Waals surface area contributed by atoms with Gasteiger partial charge in [-0.2, -0.15) is 0 Å². The van der Waals surface area contributed by atoms with Gasteiger partial charge in [-0.25, -0.2) is 17.6 Å². The highest BCUT2D eigenvalue weighted by Crippen LogP contribution is 2.34. The fourth-order valence-corrected chi connectivity index (χ4v) is 7.05. The Morgan fingerprint density at radius 1 is 1.21 bits per heavy atom. The topological polar surface area (TPSA) is 126 Å². The van der Waals surface area contributed by atoms with Crippen LogP contribution in [0.1, 0.15) is 47.8 Å². The summed E-state index contributed by atoms with van der Waals surface area (Å²) in [6, 6.07) is 5.53. The minimum atomic E-state index is -3.48. The minimum Gasteiger partial charge on any atom is -0.496 e. The molecule has 0 unspecified atom stereocenters. The van der Waals surface area contributed by atoms with Gasteiger partial charge >= 0.3 is 5.97 Å². The van der Waals surface area contributed by atoms with Crippen molar-refractivity contribution in [3.8, 4) is 5.75 Å². The van der Waals surface area contributed by atoms with Crippen molar-refractivity contribution in [3.63, 3.8) is 0 Å². The number of pyridine rings is 1. The molecule has 4 rings (SSSR count). The quantitative estimate of drug-likeness (QED) is 0.353. The van der Waals surface area contributed by atoms with Crippen LogP contribution in [0.15, 0.2) is 35.3 Å². The first-order valence-electron chi connectivity index (χ1n) is 12.0. The van der Waals surface area contributed by atoms with Gasteiger partial charge in [-0.3, -0.25) is 9.10 Å². The van der Waals surface area contributed by atoms with Crippen molar-refractivity contribution in [3.05, 3.63) is 66.8 Å². The van der Waals surface area contributed by atoms with Gasteiger partial charge in [0.2, 0.25) is 15.5 Å². The summed E-state index contributed by atoms with van der Waals surface area (Å²) in [5.74, 6) is -1.65. The molecule has 12 heteroatoms. The molecule has 1 fully saturated rings. The number of hydrogen-bond donors (Lipinski definition) is 2. The molecule has 1 saturated heterocycles. The molecule has 204 valence electrons. The lowest BCUT2D eigenvalue weighted by Gasteiger charge is -2.25. The van der Waals surface area contributed by atoms with E-state index in [2.05, 4.69) is 0 Å². The largest absolute Gasteiger partial charge is 0.496 e. The molecule has 0 amide bonds. The highest BCUT2D eigenvalue weighted by molar-refractivity contribution is 14.1. The number of aliphatic hydroxyl groups is 1. The van der Waals surface area contributed by atoms with E-state index >= 15 is 4.39 Å². The maximum atomic E-state index is 15.3. The highest BCUT2D eigenvalue weighted by Gasteiger charge is 2.30. The van der Waals surface area contributed by atoms with Crippen LogP contribution in [0, 0.1) is 15.3 Å². The summed E-state index contributed by atoms with van der Waals surface area (Å²) in [5.41, 5.74) is 0.209. The lowest BCUT2D eigenvalue weighted by atomic mass is 9.98. The van der Waals surface area contributed by atoms with E-state index in [0.717, 1.165) is 0 Å². The van der Waals surface area contributed by atoms with Gasteiger partial charge in [0.1, 0.15) is 17.1 Å². The number of ether oxygens (including phenoxy) is 1. The number of sulfonamides is 1. The third kappa shape index (κ3) is 5.13. The molecule has 1 aliphatic heterocycles. The lowest BCUT2D eigenvalue weighted by molar-refractivity contribution is 0.0694. The molecule has 1 aromatic heterocycles. The van der Waals surface area contributed by atoms with Crippen molar-refractivity contribution >= 4 is 55.2 Å². The summed E-state index contributed by atoms with van der Waals surface area (Å²) in [6.45, 7) is 3.76. The third-order valence-electron chi connectivity index (χ3n) is 6.84. The molecular weight excluding hydrogens is 630 g/mol. The van der Waals surface area contributed by atoms with Gasteiger partial charge in [-0.05, 0) is 64.3 Å². The Morgan fingerprint density at radius 2 is 1.92 bits per heavy atom. The zero-order chi connectivity index (χ0) is 27.9. The van der Waals surface area contributed by atoms with E-state index in [1.165, 1.54) is 35.8 Å². The maximum absolute atomic E-state index is 15.3. The Morgan fingerprint density at radius 3 is 2.47 bits per heavy atom. The second-order valence-electron chi connectivity index (χ2n) is 9.58. The average Bonchev–Trinajstić information content (AvgIpc) is 3.21. The number of aromatic nitrogens is 1. The summed E-state index contributed by atoms with van der Waals surface area (Å²) in [7, 11) is -2.05. The fraction of sp³-hybridized carbons (Fsp3) is 0.385. The molecule has 0 spiro atoms. The second kappa shape index (κ2) is 10.8. The van der Waals surface area contributed by atoms with Crippen molar-refractivity contribution in [1.29, 1.82) is 0 Å². The van der Waals surface area contributed by atoms with E-state index in [-0.39, 0.29) is 39.2 Å². The number of hydrogen-bond acceptors (Lipinski definition) is 6. The number of benzene rings is 2. The molecule has 1 aliphatic rings. The number of methoxy groups -OCH3 is 1. The van der Waals surface area contributed by atoms with Crippen molar-refractivity contribution < 1.29 is 32.6 Å². The minimum absolute atomic E-state index is 0.0260. The zero-order valence-corrected chi connectivity index (χ0v) is 24.0. The Bertz CT molecular complexity index is 1590. The summed E-state index contributed by atoms with van der Waals surface area (Å²) in [4.78, 5) is 25.1. The van der Waals surface area contributed by atoms with Gasteiger partial charge in [0.25, 0.3) is 0 Å². The lowest BCUT2D eigenvalue weighted by Crippen LogP contribution is -2.25. The molecule has 1 atom stereocenters. The predicted molar refractivity (Wildman–Crippen MR) is 150 cm³/mol. The SMILES string of the molecule is COc1cc2c(cc1Cc1cc(N3CCCS3(=O)=O)cc(I)c1F)c(=O)c(C(=O)O)cn2[C@H](CO)C(C)C. The molecule has 2 aromatic carbocycles. The number of aliphatic hydroxyl groups excluding tert-OH is 1. The van der Waals surface area contributed by atoms with Crippen molar-refractivity contribution in [2.75, 3.05) is 30.3 Å². The second-order valence-corrected chi connectivity index (χ2v) is 12.8. The number of carboxylic acid groups (broad SMARTS) is 1. The van der Waals surface area contributed by atoms with Gasteiger partial charge in [0.15, 0.2) is 0 Å². The molecule has 0 bridgehead atoms. The van der Waals surface area contributed by atoms with E-state index in [9.17, 15) is 28.2 Å². The average molecular weight is 658 g/mol. The van der Waals surface area contributed by atoms with Gasteiger partial charge in [-0.15, -0.1) is 0 Å². The molecular formula is C26H28FIN2O7S. The van der Waals surface area contributed by atoms with E-state index in [0.29, 0.717) is 35.5 Å². The number of rotatable bonds is 8. The molecule has 0 aliphatic carbocycles. The number of halogens is 2. The molecule has 38 heavy (non-hydrogen) atoms. The Labute approximate surface area is 233 Å². The predicted octanol–water partition coefficient (Wildman–Crippen LogP) is 3.77. The molecule has 2 heterocycles. The summed E-state index contributed by atoms with van der Waals surface area (Å²) in [6.07, 6.45) is 1.68. The van der Waals surface area contributed by atoms with E-state index in [1.807, 2.05) is 36.4 Å². The van der Waals surface area contributed by atoms with Crippen LogP contribution >= 0.6 is 22.6 Å². The Hall–Kier alpha value is -2.71. The summed E-state index contributed by atoms with van der Waals surface area (Å²) >= 11 is 1.82. The Kier molecular flexibility index (Phi) is 8.05. The maximum Gasteiger partial charge on any atom is 0.341 e. The highest BCUT2D eigenvalue weighted by atomic mass is 127. The van der Waals surface area contributed by atoms with E-state index in [4.69, 9.17) is 4.74 Å². The molecule has 3 aromatic rings. The van der Waals surface area contributed by atoms with E-state index in [1.54, 1.807) is 10.6 Å².